The Hall–Kier alpha value is -1.75. The zero-order chi connectivity index (χ0) is 13.1. The number of aromatic nitrogens is 3. The van der Waals surface area contributed by atoms with Crippen LogP contribution in [0.2, 0.25) is 0 Å². The van der Waals surface area contributed by atoms with Gasteiger partial charge in [0.15, 0.2) is 4.77 Å². The van der Waals surface area contributed by atoms with Gasteiger partial charge in [-0.2, -0.15) is 0 Å². The molecule has 0 amide bonds. The number of hydrogen-bond acceptors (Lipinski definition) is 4. The quantitative estimate of drug-likeness (QED) is 0.861. The summed E-state index contributed by atoms with van der Waals surface area (Å²) in [6.45, 7) is 5.94. The molecule has 2 heterocycles. The van der Waals surface area contributed by atoms with Crippen molar-refractivity contribution in [3.63, 3.8) is 0 Å². The zero-order valence-corrected chi connectivity index (χ0v) is 11.4. The largest absolute Gasteiger partial charge is 0.489 e. The molecule has 0 aliphatic rings. The van der Waals surface area contributed by atoms with Crippen LogP contribution in [0.15, 0.2) is 24.7 Å². The fourth-order valence-electron chi connectivity index (χ4n) is 1.65. The summed E-state index contributed by atoms with van der Waals surface area (Å²) in [5, 5.41) is 0. The topological polar surface area (TPSA) is 50.8 Å². The van der Waals surface area contributed by atoms with E-state index >= 15 is 0 Å². The molecule has 0 aliphatic heterocycles. The van der Waals surface area contributed by atoms with Crippen molar-refractivity contribution in [2.24, 2.45) is 0 Å². The van der Waals surface area contributed by atoms with Crippen molar-refractivity contribution in [3.8, 4) is 17.0 Å². The molecule has 0 saturated carbocycles. The minimum Gasteiger partial charge on any atom is -0.489 e. The number of hydrogen-bond donors (Lipinski definition) is 1. The van der Waals surface area contributed by atoms with Gasteiger partial charge in [0.1, 0.15) is 5.75 Å². The van der Waals surface area contributed by atoms with E-state index in [0.717, 1.165) is 22.6 Å². The monoisotopic (exact) mass is 261 g/mol. The maximum Gasteiger partial charge on any atom is 0.197 e. The number of ether oxygens (including phenoxy) is 1. The molecule has 0 spiro atoms. The fourth-order valence-corrected chi connectivity index (χ4v) is 1.80. The summed E-state index contributed by atoms with van der Waals surface area (Å²) in [6, 6.07) is 1.95. The van der Waals surface area contributed by atoms with E-state index in [1.807, 2.05) is 26.8 Å². The van der Waals surface area contributed by atoms with E-state index < -0.39 is 0 Å². The first kappa shape index (κ1) is 12.7. The molecule has 4 nitrogen and oxygen atoms in total. The van der Waals surface area contributed by atoms with Crippen molar-refractivity contribution >= 4 is 12.2 Å². The van der Waals surface area contributed by atoms with Gasteiger partial charge in [-0.3, -0.25) is 4.98 Å². The summed E-state index contributed by atoms with van der Waals surface area (Å²) in [4.78, 5) is 11.3. The molecule has 2 aromatic heterocycles. The van der Waals surface area contributed by atoms with E-state index in [1.54, 1.807) is 18.6 Å². The normalized spacial score (nSPS) is 10.7. The first-order valence-electron chi connectivity index (χ1n) is 5.74. The first-order valence-corrected chi connectivity index (χ1v) is 6.15. The standard InChI is InChI=1S/C13H15N3OS/c1-8(2)17-11-4-10(6-14-7-11)12-9(3)5-15-13(18)16-12/h4-8H,1-3H3,(H,15,16,18). The molecular formula is C13H15N3OS. The van der Waals surface area contributed by atoms with Crippen molar-refractivity contribution in [2.75, 3.05) is 0 Å². The lowest BCUT2D eigenvalue weighted by Crippen LogP contribution is -2.05. The Morgan fingerprint density at radius 3 is 2.78 bits per heavy atom. The fraction of sp³-hybridized carbons (Fsp3) is 0.308. The van der Waals surface area contributed by atoms with Gasteiger partial charge in [0.05, 0.1) is 18.0 Å². The van der Waals surface area contributed by atoms with Gasteiger partial charge in [0.2, 0.25) is 0 Å². The number of aryl methyl sites for hydroxylation is 1. The van der Waals surface area contributed by atoms with Crippen molar-refractivity contribution < 1.29 is 4.74 Å². The molecular weight excluding hydrogens is 246 g/mol. The summed E-state index contributed by atoms with van der Waals surface area (Å²) in [5.74, 6) is 0.748. The minimum absolute atomic E-state index is 0.124. The average Bonchev–Trinajstić information content (AvgIpc) is 2.32. The van der Waals surface area contributed by atoms with Gasteiger partial charge in [0.25, 0.3) is 0 Å². The van der Waals surface area contributed by atoms with E-state index in [1.165, 1.54) is 0 Å². The highest BCUT2D eigenvalue weighted by Crippen LogP contribution is 2.23. The lowest BCUT2D eigenvalue weighted by atomic mass is 10.1. The number of H-pyrrole nitrogens is 1. The third kappa shape index (κ3) is 2.92. The summed E-state index contributed by atoms with van der Waals surface area (Å²) >= 11 is 5.04. The van der Waals surface area contributed by atoms with Gasteiger partial charge in [-0.25, -0.2) is 4.98 Å². The van der Waals surface area contributed by atoms with E-state index in [9.17, 15) is 0 Å². The van der Waals surface area contributed by atoms with Crippen molar-refractivity contribution in [3.05, 3.63) is 35.0 Å². The SMILES string of the molecule is Cc1cnc(=S)[nH]c1-c1cncc(OC(C)C)c1. The van der Waals surface area contributed by atoms with E-state index in [4.69, 9.17) is 17.0 Å². The number of rotatable bonds is 3. The average molecular weight is 261 g/mol. The number of nitrogens with one attached hydrogen (secondary N) is 1. The molecule has 0 unspecified atom stereocenters. The predicted molar refractivity (Wildman–Crippen MR) is 73.2 cm³/mol. The van der Waals surface area contributed by atoms with Gasteiger partial charge in [-0.15, -0.1) is 0 Å². The second-order valence-electron chi connectivity index (χ2n) is 4.32. The molecule has 5 heteroatoms. The van der Waals surface area contributed by atoms with Crippen LogP contribution in [0.3, 0.4) is 0 Å². The summed E-state index contributed by atoms with van der Waals surface area (Å²) < 4.78 is 6.09. The van der Waals surface area contributed by atoms with Crippen molar-refractivity contribution in [1.82, 2.24) is 15.0 Å². The van der Waals surface area contributed by atoms with Gasteiger partial charge < -0.3 is 9.72 Å². The van der Waals surface area contributed by atoms with Crippen LogP contribution in [-0.4, -0.2) is 21.1 Å². The molecule has 2 rings (SSSR count). The molecule has 0 atom stereocenters. The summed E-state index contributed by atoms with van der Waals surface area (Å²) in [6.07, 6.45) is 5.36. The molecule has 0 radical (unpaired) electrons. The Bertz CT molecular complexity index is 607. The van der Waals surface area contributed by atoms with Crippen LogP contribution in [0, 0.1) is 11.7 Å². The van der Waals surface area contributed by atoms with Gasteiger partial charge >= 0.3 is 0 Å². The lowest BCUT2D eigenvalue weighted by molar-refractivity contribution is 0.241. The van der Waals surface area contributed by atoms with Crippen LogP contribution in [0.25, 0.3) is 11.3 Å². The molecule has 94 valence electrons. The Labute approximate surface area is 111 Å². The molecule has 1 N–H and O–H groups in total. The van der Waals surface area contributed by atoms with E-state index in [2.05, 4.69) is 15.0 Å². The molecule has 0 aliphatic carbocycles. The Morgan fingerprint density at radius 1 is 1.28 bits per heavy atom. The van der Waals surface area contributed by atoms with Crippen LogP contribution in [0.1, 0.15) is 19.4 Å². The smallest absolute Gasteiger partial charge is 0.197 e. The van der Waals surface area contributed by atoms with Crippen LogP contribution in [-0.2, 0) is 0 Å². The highest BCUT2D eigenvalue weighted by molar-refractivity contribution is 7.71. The lowest BCUT2D eigenvalue weighted by Gasteiger charge is -2.11. The maximum absolute atomic E-state index is 5.63. The molecule has 18 heavy (non-hydrogen) atoms. The van der Waals surface area contributed by atoms with E-state index in [0.29, 0.717) is 4.77 Å². The number of aromatic amines is 1. The predicted octanol–water partition coefficient (Wildman–Crippen LogP) is 3.30. The van der Waals surface area contributed by atoms with Gasteiger partial charge in [-0.05, 0) is 44.6 Å². The third-order valence-corrected chi connectivity index (χ3v) is 2.58. The molecule has 0 fully saturated rings. The minimum atomic E-state index is 0.124. The second-order valence-corrected chi connectivity index (χ2v) is 4.71. The molecule has 2 aromatic rings. The molecule has 0 aromatic carbocycles. The van der Waals surface area contributed by atoms with Crippen LogP contribution in [0.5, 0.6) is 5.75 Å². The van der Waals surface area contributed by atoms with E-state index in [-0.39, 0.29) is 6.10 Å². The van der Waals surface area contributed by atoms with Gasteiger partial charge in [-0.1, -0.05) is 0 Å². The highest BCUT2D eigenvalue weighted by Gasteiger charge is 2.06. The summed E-state index contributed by atoms with van der Waals surface area (Å²) in [5.41, 5.74) is 2.89. The highest BCUT2D eigenvalue weighted by atomic mass is 32.1. The molecule has 0 bridgehead atoms. The maximum atomic E-state index is 5.63. The van der Waals surface area contributed by atoms with Crippen LogP contribution in [0.4, 0.5) is 0 Å². The Morgan fingerprint density at radius 2 is 2.06 bits per heavy atom. The Balaban J connectivity index is 2.44. The van der Waals surface area contributed by atoms with Crippen LogP contribution < -0.4 is 4.74 Å². The number of pyridine rings is 1. The second kappa shape index (κ2) is 5.27. The third-order valence-electron chi connectivity index (χ3n) is 2.38. The zero-order valence-electron chi connectivity index (χ0n) is 10.6. The van der Waals surface area contributed by atoms with Gasteiger partial charge in [0, 0.05) is 18.0 Å². The Kier molecular flexibility index (Phi) is 3.72. The summed E-state index contributed by atoms with van der Waals surface area (Å²) in [7, 11) is 0. The van der Waals surface area contributed by atoms with Crippen LogP contribution >= 0.6 is 12.2 Å². The van der Waals surface area contributed by atoms with Crippen molar-refractivity contribution in [1.29, 1.82) is 0 Å². The number of nitrogens with zero attached hydrogens (tertiary/aromatic N) is 2. The molecule has 0 saturated heterocycles. The first-order chi connectivity index (χ1) is 8.56. The van der Waals surface area contributed by atoms with Crippen molar-refractivity contribution in [2.45, 2.75) is 26.9 Å².